The fourth-order valence-electron chi connectivity index (χ4n) is 3.05. The van der Waals surface area contributed by atoms with E-state index in [9.17, 15) is 14.7 Å². The first kappa shape index (κ1) is 24.9. The second kappa shape index (κ2) is 17.3. The van der Waals surface area contributed by atoms with Gasteiger partial charge in [-0.15, -0.1) is 0 Å². The molecule has 5 heteroatoms. The molecule has 5 nitrogen and oxygen atoms in total. The van der Waals surface area contributed by atoms with E-state index >= 15 is 0 Å². The van der Waals surface area contributed by atoms with E-state index < -0.39 is 18.1 Å². The lowest BCUT2D eigenvalue weighted by atomic mass is 10.0. The average Bonchev–Trinajstić information content (AvgIpc) is 2.62. The zero-order valence-corrected chi connectivity index (χ0v) is 17.2. The van der Waals surface area contributed by atoms with Gasteiger partial charge in [0.15, 0.2) is 6.04 Å². The number of methoxy groups -OCH3 is 1. The van der Waals surface area contributed by atoms with Gasteiger partial charge in [0.1, 0.15) is 0 Å². The molecule has 2 N–H and O–H groups in total. The number of carbonyl (C=O) groups is 2. The van der Waals surface area contributed by atoms with Crippen LogP contribution in [0.25, 0.3) is 0 Å². The Kier molecular flexibility index (Phi) is 16.6. The van der Waals surface area contributed by atoms with E-state index in [1.54, 1.807) is 0 Å². The molecule has 0 aromatic carbocycles. The Balaban J connectivity index is 3.49. The first-order chi connectivity index (χ1) is 12.5. The van der Waals surface area contributed by atoms with E-state index in [0.717, 1.165) is 19.3 Å². The minimum Gasteiger partial charge on any atom is -0.467 e. The molecule has 0 spiro atoms. The summed E-state index contributed by atoms with van der Waals surface area (Å²) in [6, 6.07) is -0.977. The summed E-state index contributed by atoms with van der Waals surface area (Å²) < 4.78 is 4.58. The smallest absolute Gasteiger partial charge is 0.331 e. The molecule has 0 bridgehead atoms. The fourth-order valence-corrected chi connectivity index (χ4v) is 3.05. The van der Waals surface area contributed by atoms with Crippen molar-refractivity contribution in [2.75, 3.05) is 7.11 Å². The molecule has 1 amide bonds. The summed E-state index contributed by atoms with van der Waals surface area (Å²) in [6.45, 7) is 3.72. The second-order valence-corrected chi connectivity index (χ2v) is 7.30. The van der Waals surface area contributed by atoms with E-state index in [0.29, 0.717) is 6.42 Å². The molecule has 0 heterocycles. The number of rotatable bonds is 17. The maximum Gasteiger partial charge on any atom is 0.331 e. The highest BCUT2D eigenvalue weighted by atomic mass is 16.5. The van der Waals surface area contributed by atoms with Crippen molar-refractivity contribution in [3.63, 3.8) is 0 Å². The molecule has 0 aromatic heterocycles. The molecule has 0 fully saturated rings. The average molecular weight is 372 g/mol. The van der Waals surface area contributed by atoms with Crippen LogP contribution in [0.2, 0.25) is 0 Å². The quantitative estimate of drug-likeness (QED) is 0.291. The number of aliphatic hydroxyl groups excluding tert-OH is 1. The third-order valence-electron chi connectivity index (χ3n) is 4.76. The van der Waals surface area contributed by atoms with Crippen LogP contribution < -0.4 is 5.32 Å². The number of aliphatic hydroxyl groups is 1. The highest BCUT2D eigenvalue weighted by molar-refractivity contribution is 5.84. The summed E-state index contributed by atoms with van der Waals surface area (Å²) in [4.78, 5) is 23.3. The maximum absolute atomic E-state index is 11.8. The van der Waals surface area contributed by atoms with Crippen molar-refractivity contribution in [2.24, 2.45) is 0 Å². The topological polar surface area (TPSA) is 75.6 Å². The Labute approximate surface area is 160 Å². The summed E-state index contributed by atoms with van der Waals surface area (Å²) >= 11 is 0. The van der Waals surface area contributed by atoms with Crippen molar-refractivity contribution in [1.82, 2.24) is 5.32 Å². The van der Waals surface area contributed by atoms with Crippen LogP contribution in [-0.4, -0.2) is 36.2 Å². The highest BCUT2D eigenvalue weighted by Gasteiger charge is 2.25. The third kappa shape index (κ3) is 14.1. The summed E-state index contributed by atoms with van der Waals surface area (Å²) in [5.41, 5.74) is 0. The van der Waals surface area contributed by atoms with Crippen molar-refractivity contribution >= 4 is 11.9 Å². The van der Waals surface area contributed by atoms with Gasteiger partial charge in [0.2, 0.25) is 5.91 Å². The van der Waals surface area contributed by atoms with Gasteiger partial charge in [-0.3, -0.25) is 4.79 Å². The van der Waals surface area contributed by atoms with Crippen molar-refractivity contribution < 1.29 is 19.4 Å². The van der Waals surface area contributed by atoms with Crippen LogP contribution in [0.5, 0.6) is 0 Å². The van der Waals surface area contributed by atoms with E-state index in [1.165, 1.54) is 78.2 Å². The summed E-state index contributed by atoms with van der Waals surface area (Å²) in [5, 5.41) is 12.1. The standard InChI is InChI=1S/C21H41NO4/c1-4-5-6-7-8-9-10-11-12-13-14-15-16-17-19(24)22-20(18(2)23)21(25)26-3/h18,20,23H,4-17H2,1-3H3,(H,22,24)/t18-,20-/m1/s1. The number of ether oxygens (including phenoxy) is 1. The fraction of sp³-hybridized carbons (Fsp3) is 0.905. The minimum absolute atomic E-state index is 0.204. The van der Waals surface area contributed by atoms with Crippen LogP contribution in [0.4, 0.5) is 0 Å². The number of unbranched alkanes of at least 4 members (excludes halogenated alkanes) is 12. The van der Waals surface area contributed by atoms with Crippen LogP contribution in [0.3, 0.4) is 0 Å². The summed E-state index contributed by atoms with van der Waals surface area (Å²) in [7, 11) is 1.25. The molecule has 0 radical (unpaired) electrons. The van der Waals surface area contributed by atoms with Crippen LogP contribution in [0, 0.1) is 0 Å². The lowest BCUT2D eigenvalue weighted by molar-refractivity contribution is -0.148. The van der Waals surface area contributed by atoms with Gasteiger partial charge >= 0.3 is 5.97 Å². The van der Waals surface area contributed by atoms with E-state index in [-0.39, 0.29) is 5.91 Å². The molecular formula is C21H41NO4. The molecule has 0 saturated heterocycles. The number of carbonyl (C=O) groups excluding carboxylic acids is 2. The third-order valence-corrected chi connectivity index (χ3v) is 4.76. The Morgan fingerprint density at radius 3 is 1.65 bits per heavy atom. The number of hydrogen-bond acceptors (Lipinski definition) is 4. The van der Waals surface area contributed by atoms with Crippen molar-refractivity contribution in [3.8, 4) is 0 Å². The SMILES string of the molecule is CCCCCCCCCCCCCCCC(=O)N[C@@H](C(=O)OC)[C@@H](C)O. The molecule has 154 valence electrons. The monoisotopic (exact) mass is 371 g/mol. The van der Waals surface area contributed by atoms with Crippen LogP contribution >= 0.6 is 0 Å². The summed E-state index contributed by atoms with van der Waals surface area (Å²) in [6.07, 6.45) is 15.8. The Hall–Kier alpha value is -1.10. The number of nitrogens with one attached hydrogen (secondary N) is 1. The van der Waals surface area contributed by atoms with Gasteiger partial charge in [-0.1, -0.05) is 84.0 Å². The lowest BCUT2D eigenvalue weighted by Crippen LogP contribution is -2.48. The van der Waals surface area contributed by atoms with E-state index in [4.69, 9.17) is 0 Å². The van der Waals surface area contributed by atoms with Crippen LogP contribution in [0.1, 0.15) is 104 Å². The number of hydrogen-bond donors (Lipinski definition) is 2. The van der Waals surface area contributed by atoms with Crippen molar-refractivity contribution in [1.29, 1.82) is 0 Å². The highest BCUT2D eigenvalue weighted by Crippen LogP contribution is 2.13. The van der Waals surface area contributed by atoms with Gasteiger partial charge in [-0.2, -0.15) is 0 Å². The maximum atomic E-state index is 11.8. The van der Waals surface area contributed by atoms with E-state index in [2.05, 4.69) is 17.0 Å². The zero-order valence-electron chi connectivity index (χ0n) is 17.2. The summed E-state index contributed by atoms with van der Waals surface area (Å²) in [5.74, 6) is -0.817. The van der Waals surface area contributed by atoms with Gasteiger partial charge in [-0.05, 0) is 13.3 Å². The first-order valence-electron chi connectivity index (χ1n) is 10.6. The second-order valence-electron chi connectivity index (χ2n) is 7.30. The Morgan fingerprint density at radius 1 is 0.846 bits per heavy atom. The molecule has 0 aliphatic heterocycles. The molecular weight excluding hydrogens is 330 g/mol. The zero-order chi connectivity index (χ0) is 19.6. The van der Waals surface area contributed by atoms with Gasteiger partial charge < -0.3 is 15.2 Å². The van der Waals surface area contributed by atoms with Crippen LogP contribution in [-0.2, 0) is 14.3 Å². The van der Waals surface area contributed by atoms with E-state index in [1.807, 2.05) is 0 Å². The van der Waals surface area contributed by atoms with Gasteiger partial charge in [0.05, 0.1) is 13.2 Å². The molecule has 0 aliphatic rings. The molecule has 0 aliphatic carbocycles. The normalized spacial score (nSPS) is 13.2. The molecule has 0 aromatic rings. The van der Waals surface area contributed by atoms with Crippen molar-refractivity contribution in [2.45, 2.75) is 116 Å². The minimum atomic E-state index is -0.977. The Bertz CT molecular complexity index is 358. The molecule has 0 rings (SSSR count). The predicted molar refractivity (Wildman–Crippen MR) is 106 cm³/mol. The van der Waals surface area contributed by atoms with Gasteiger partial charge in [-0.25, -0.2) is 4.79 Å². The van der Waals surface area contributed by atoms with Crippen LogP contribution in [0.15, 0.2) is 0 Å². The van der Waals surface area contributed by atoms with Gasteiger partial charge in [0, 0.05) is 6.42 Å². The number of esters is 1. The lowest BCUT2D eigenvalue weighted by Gasteiger charge is -2.18. The molecule has 0 unspecified atom stereocenters. The first-order valence-corrected chi connectivity index (χ1v) is 10.6. The molecule has 0 saturated carbocycles. The predicted octanol–water partition coefficient (Wildman–Crippen LogP) is 4.51. The number of amides is 1. The molecule has 26 heavy (non-hydrogen) atoms. The molecule has 2 atom stereocenters. The Morgan fingerprint density at radius 2 is 1.27 bits per heavy atom. The van der Waals surface area contributed by atoms with Crippen molar-refractivity contribution in [3.05, 3.63) is 0 Å². The largest absolute Gasteiger partial charge is 0.467 e. The van der Waals surface area contributed by atoms with Gasteiger partial charge in [0.25, 0.3) is 0 Å².